The molecular formula is C14H17ClF3N3O. The molecule has 0 aliphatic carbocycles. The molecule has 1 N–H and O–H groups in total. The second-order valence-corrected chi connectivity index (χ2v) is 5.63. The van der Waals surface area contributed by atoms with E-state index in [2.05, 4.69) is 10.3 Å². The van der Waals surface area contributed by atoms with Crippen molar-refractivity contribution in [3.63, 3.8) is 0 Å². The lowest BCUT2D eigenvalue weighted by atomic mass is 9.77. The molecule has 122 valence electrons. The van der Waals surface area contributed by atoms with Crippen LogP contribution in [0.15, 0.2) is 18.5 Å². The summed E-state index contributed by atoms with van der Waals surface area (Å²) >= 11 is 0. The van der Waals surface area contributed by atoms with Gasteiger partial charge < -0.3 is 10.2 Å². The molecule has 1 aromatic rings. The predicted octanol–water partition coefficient (Wildman–Crippen LogP) is 2.63. The number of aromatic nitrogens is 1. The van der Waals surface area contributed by atoms with Crippen molar-refractivity contribution in [3.8, 4) is 0 Å². The lowest BCUT2D eigenvalue weighted by Crippen LogP contribution is -2.43. The molecule has 22 heavy (non-hydrogen) atoms. The maximum absolute atomic E-state index is 13.1. The van der Waals surface area contributed by atoms with Crippen molar-refractivity contribution in [1.29, 1.82) is 0 Å². The number of amides is 1. The fraction of sp³-hybridized carbons (Fsp3) is 0.571. The Kier molecular flexibility index (Phi) is 4.67. The standard InChI is InChI=1S/C14H16F3N3O.ClH/c15-14(16,17)10-1-5-19-9-11(10)20-8-4-13(12(20)21)2-6-18-7-3-13;/h1,5,9,18H,2-4,6-8H2;1H. The molecule has 1 amide bonds. The molecular weight excluding hydrogens is 319 g/mol. The number of hydrogen-bond acceptors (Lipinski definition) is 3. The Bertz CT molecular complexity index is 559. The minimum atomic E-state index is -4.48. The molecule has 2 fully saturated rings. The molecule has 0 unspecified atom stereocenters. The summed E-state index contributed by atoms with van der Waals surface area (Å²) in [5.41, 5.74) is -1.41. The van der Waals surface area contributed by atoms with Crippen molar-refractivity contribution in [2.45, 2.75) is 25.4 Å². The van der Waals surface area contributed by atoms with Gasteiger partial charge >= 0.3 is 6.18 Å². The molecule has 3 heterocycles. The molecule has 8 heteroatoms. The highest BCUT2D eigenvalue weighted by Crippen LogP contribution is 2.44. The minimum Gasteiger partial charge on any atom is -0.317 e. The van der Waals surface area contributed by atoms with E-state index < -0.39 is 17.2 Å². The Morgan fingerprint density at radius 1 is 1.23 bits per heavy atom. The van der Waals surface area contributed by atoms with Crippen LogP contribution in [-0.2, 0) is 11.0 Å². The summed E-state index contributed by atoms with van der Waals surface area (Å²) in [5, 5.41) is 3.18. The summed E-state index contributed by atoms with van der Waals surface area (Å²) in [7, 11) is 0. The van der Waals surface area contributed by atoms with Gasteiger partial charge in [0.25, 0.3) is 0 Å². The van der Waals surface area contributed by atoms with Crippen molar-refractivity contribution in [2.24, 2.45) is 5.41 Å². The predicted molar refractivity (Wildman–Crippen MR) is 78.0 cm³/mol. The van der Waals surface area contributed by atoms with Gasteiger partial charge in [0.2, 0.25) is 5.91 Å². The van der Waals surface area contributed by atoms with Crippen LogP contribution in [-0.4, -0.2) is 30.5 Å². The number of carbonyl (C=O) groups excluding carboxylic acids is 1. The molecule has 1 spiro atoms. The highest BCUT2D eigenvalue weighted by molar-refractivity contribution is 6.00. The molecule has 2 aliphatic rings. The summed E-state index contributed by atoms with van der Waals surface area (Å²) in [4.78, 5) is 17.7. The third-order valence-corrected chi connectivity index (χ3v) is 4.47. The molecule has 2 aliphatic heterocycles. The van der Waals surface area contributed by atoms with Gasteiger partial charge in [-0.25, -0.2) is 0 Å². The zero-order chi connectivity index (χ0) is 15.1. The van der Waals surface area contributed by atoms with Crippen LogP contribution in [0, 0.1) is 5.41 Å². The molecule has 3 rings (SSSR count). The average Bonchev–Trinajstić information content (AvgIpc) is 2.76. The Hall–Kier alpha value is -1.34. The van der Waals surface area contributed by atoms with Crippen LogP contribution in [0.4, 0.5) is 18.9 Å². The van der Waals surface area contributed by atoms with Crippen molar-refractivity contribution in [2.75, 3.05) is 24.5 Å². The largest absolute Gasteiger partial charge is 0.418 e. The van der Waals surface area contributed by atoms with Crippen LogP contribution in [0.5, 0.6) is 0 Å². The second-order valence-electron chi connectivity index (χ2n) is 5.63. The number of alkyl halides is 3. The summed E-state index contributed by atoms with van der Waals surface area (Å²) in [6.07, 6.45) is -0.260. The van der Waals surface area contributed by atoms with Gasteiger partial charge in [-0.1, -0.05) is 0 Å². The van der Waals surface area contributed by atoms with Crippen LogP contribution in [0.2, 0.25) is 0 Å². The van der Waals surface area contributed by atoms with Crippen molar-refractivity contribution in [3.05, 3.63) is 24.0 Å². The molecule has 0 radical (unpaired) electrons. The molecule has 0 saturated carbocycles. The van der Waals surface area contributed by atoms with Crippen LogP contribution in [0.25, 0.3) is 0 Å². The first kappa shape index (κ1) is 17.0. The van der Waals surface area contributed by atoms with E-state index in [0.717, 1.165) is 31.5 Å². The number of nitrogens with zero attached hydrogens (tertiary/aromatic N) is 2. The zero-order valence-corrected chi connectivity index (χ0v) is 12.6. The highest BCUT2D eigenvalue weighted by atomic mass is 35.5. The van der Waals surface area contributed by atoms with E-state index in [9.17, 15) is 18.0 Å². The van der Waals surface area contributed by atoms with Crippen LogP contribution in [0.1, 0.15) is 24.8 Å². The van der Waals surface area contributed by atoms with Crippen molar-refractivity contribution >= 4 is 24.0 Å². The van der Waals surface area contributed by atoms with Gasteiger partial charge in [0, 0.05) is 12.7 Å². The minimum absolute atomic E-state index is 0. The summed E-state index contributed by atoms with van der Waals surface area (Å²) in [6, 6.07) is 0.927. The highest BCUT2D eigenvalue weighted by Gasteiger charge is 2.49. The number of nitrogens with one attached hydrogen (secondary N) is 1. The van der Waals surface area contributed by atoms with Gasteiger partial charge in [0.15, 0.2) is 0 Å². The fourth-order valence-electron chi connectivity index (χ4n) is 3.26. The van der Waals surface area contributed by atoms with Crippen molar-refractivity contribution < 1.29 is 18.0 Å². The third kappa shape index (κ3) is 2.79. The Morgan fingerprint density at radius 3 is 2.55 bits per heavy atom. The lowest BCUT2D eigenvalue weighted by molar-refractivity contribution is -0.137. The summed E-state index contributed by atoms with van der Waals surface area (Å²) in [5.74, 6) is -0.192. The zero-order valence-electron chi connectivity index (χ0n) is 11.8. The molecule has 0 aromatic carbocycles. The molecule has 1 aromatic heterocycles. The number of carbonyl (C=O) groups is 1. The SMILES string of the molecule is Cl.O=C1N(c2cnccc2C(F)(F)F)CCC12CCNCC2. The molecule has 0 atom stereocenters. The van der Waals surface area contributed by atoms with Gasteiger partial charge in [-0.3, -0.25) is 9.78 Å². The first-order valence-electron chi connectivity index (χ1n) is 6.98. The van der Waals surface area contributed by atoms with Crippen LogP contribution in [0.3, 0.4) is 0 Å². The van der Waals surface area contributed by atoms with E-state index in [0.29, 0.717) is 25.8 Å². The smallest absolute Gasteiger partial charge is 0.317 e. The lowest BCUT2D eigenvalue weighted by Gasteiger charge is -2.32. The van der Waals surface area contributed by atoms with Gasteiger partial charge in [-0.2, -0.15) is 13.2 Å². The normalized spacial score (nSPS) is 21.0. The number of anilines is 1. The molecule has 2 saturated heterocycles. The Morgan fingerprint density at radius 2 is 1.91 bits per heavy atom. The van der Waals surface area contributed by atoms with Crippen LogP contribution >= 0.6 is 12.4 Å². The number of halogens is 4. The Balaban J connectivity index is 0.00000176. The van der Waals surface area contributed by atoms with E-state index in [1.807, 2.05) is 0 Å². The number of pyridine rings is 1. The summed E-state index contributed by atoms with van der Waals surface area (Å²) in [6.45, 7) is 1.80. The van der Waals surface area contributed by atoms with E-state index in [-0.39, 0.29) is 24.0 Å². The third-order valence-electron chi connectivity index (χ3n) is 4.47. The quantitative estimate of drug-likeness (QED) is 0.858. The number of hydrogen-bond donors (Lipinski definition) is 1. The van der Waals surface area contributed by atoms with Gasteiger partial charge in [0.1, 0.15) is 0 Å². The maximum atomic E-state index is 13.1. The van der Waals surface area contributed by atoms with E-state index in [4.69, 9.17) is 0 Å². The first-order valence-corrected chi connectivity index (χ1v) is 6.98. The fourth-order valence-corrected chi connectivity index (χ4v) is 3.26. The van der Waals surface area contributed by atoms with E-state index in [1.165, 1.54) is 4.90 Å². The summed E-state index contributed by atoms with van der Waals surface area (Å²) < 4.78 is 39.3. The number of rotatable bonds is 1. The molecule has 4 nitrogen and oxygen atoms in total. The monoisotopic (exact) mass is 335 g/mol. The van der Waals surface area contributed by atoms with Crippen LogP contribution < -0.4 is 10.2 Å². The van der Waals surface area contributed by atoms with E-state index in [1.54, 1.807) is 0 Å². The van der Waals surface area contributed by atoms with E-state index >= 15 is 0 Å². The maximum Gasteiger partial charge on any atom is 0.418 e. The second kappa shape index (κ2) is 6.04. The average molecular weight is 336 g/mol. The van der Waals surface area contributed by atoms with Gasteiger partial charge in [0.05, 0.1) is 22.9 Å². The number of piperidine rings is 1. The first-order chi connectivity index (χ1) is 9.94. The molecule has 0 bridgehead atoms. The van der Waals surface area contributed by atoms with Gasteiger partial charge in [-0.05, 0) is 38.4 Å². The Labute approximate surface area is 132 Å². The topological polar surface area (TPSA) is 45.2 Å². The van der Waals surface area contributed by atoms with Crippen molar-refractivity contribution in [1.82, 2.24) is 10.3 Å². The van der Waals surface area contributed by atoms with Gasteiger partial charge in [-0.15, -0.1) is 12.4 Å².